The Morgan fingerprint density at radius 1 is 1.67 bits per heavy atom. The lowest BCUT2D eigenvalue weighted by atomic mass is 9.93. The molecule has 0 aromatic carbocycles. The van der Waals surface area contributed by atoms with Crippen molar-refractivity contribution in [2.24, 2.45) is 0 Å². The molecular formula is C9H14N2O4. The molecule has 2 N–H and O–H groups in total. The number of hydrogen-bond donors (Lipinski definition) is 2. The highest BCUT2D eigenvalue weighted by molar-refractivity contribution is 5.99. The third kappa shape index (κ3) is 1.40. The molecule has 2 aliphatic heterocycles. The number of morpholine rings is 1. The van der Waals surface area contributed by atoms with E-state index in [9.17, 15) is 9.59 Å². The van der Waals surface area contributed by atoms with Crippen LogP contribution in [0.15, 0.2) is 0 Å². The first-order valence-electron chi connectivity index (χ1n) is 4.90. The number of nitrogens with zero attached hydrogens (tertiary/aromatic N) is 1. The third-order valence-electron chi connectivity index (χ3n) is 2.98. The number of fused-ring (bicyclic) bond motifs is 1. The molecular weight excluding hydrogens is 200 g/mol. The number of aliphatic hydroxyl groups is 1. The second-order valence-corrected chi connectivity index (χ2v) is 4.02. The molecule has 1 unspecified atom stereocenters. The van der Waals surface area contributed by atoms with Crippen molar-refractivity contribution < 1.29 is 19.4 Å². The van der Waals surface area contributed by atoms with Crippen molar-refractivity contribution in [1.82, 2.24) is 10.2 Å². The van der Waals surface area contributed by atoms with E-state index in [1.54, 1.807) is 6.92 Å². The van der Waals surface area contributed by atoms with E-state index in [4.69, 9.17) is 9.84 Å². The molecule has 84 valence electrons. The van der Waals surface area contributed by atoms with Crippen LogP contribution in [-0.4, -0.2) is 59.8 Å². The van der Waals surface area contributed by atoms with E-state index in [2.05, 4.69) is 5.32 Å². The molecule has 2 heterocycles. The summed E-state index contributed by atoms with van der Waals surface area (Å²) in [7, 11) is 0. The maximum atomic E-state index is 11.8. The van der Waals surface area contributed by atoms with Gasteiger partial charge in [-0.2, -0.15) is 0 Å². The van der Waals surface area contributed by atoms with E-state index in [0.717, 1.165) is 0 Å². The number of carbonyl (C=O) groups excluding carboxylic acids is 2. The van der Waals surface area contributed by atoms with Crippen molar-refractivity contribution in [2.75, 3.05) is 26.4 Å². The van der Waals surface area contributed by atoms with Gasteiger partial charge < -0.3 is 20.1 Å². The Kier molecular flexibility index (Phi) is 2.40. The number of hydrogen-bond acceptors (Lipinski definition) is 4. The highest BCUT2D eigenvalue weighted by Crippen LogP contribution is 2.24. The van der Waals surface area contributed by atoms with Crippen molar-refractivity contribution in [1.29, 1.82) is 0 Å². The molecule has 0 aromatic rings. The third-order valence-corrected chi connectivity index (χ3v) is 2.98. The van der Waals surface area contributed by atoms with Crippen molar-refractivity contribution in [3.05, 3.63) is 0 Å². The number of piperazine rings is 1. The quantitative estimate of drug-likeness (QED) is 0.534. The summed E-state index contributed by atoms with van der Waals surface area (Å²) in [5, 5.41) is 11.5. The van der Waals surface area contributed by atoms with E-state index in [1.165, 1.54) is 4.90 Å². The SMILES string of the molecule is CC12COCCN1C(=O)[C@@H](CO)NC2=O. The minimum atomic E-state index is -0.916. The molecule has 0 aromatic heterocycles. The van der Waals surface area contributed by atoms with Crippen LogP contribution in [0.3, 0.4) is 0 Å². The summed E-state index contributed by atoms with van der Waals surface area (Å²) in [4.78, 5) is 25.1. The fourth-order valence-electron chi connectivity index (χ4n) is 1.98. The molecule has 0 aliphatic carbocycles. The number of aliphatic hydroxyl groups excluding tert-OH is 1. The lowest BCUT2D eigenvalue weighted by molar-refractivity contribution is -0.169. The Bertz CT molecular complexity index is 306. The van der Waals surface area contributed by atoms with Gasteiger partial charge in [0.15, 0.2) is 0 Å². The minimum Gasteiger partial charge on any atom is -0.394 e. The highest BCUT2D eigenvalue weighted by atomic mass is 16.5. The van der Waals surface area contributed by atoms with Gasteiger partial charge >= 0.3 is 0 Å². The normalized spacial score (nSPS) is 36.1. The lowest BCUT2D eigenvalue weighted by Gasteiger charge is -2.48. The zero-order valence-corrected chi connectivity index (χ0v) is 8.52. The largest absolute Gasteiger partial charge is 0.394 e. The molecule has 6 nitrogen and oxygen atoms in total. The van der Waals surface area contributed by atoms with Crippen LogP contribution in [0.5, 0.6) is 0 Å². The number of ether oxygens (including phenoxy) is 1. The summed E-state index contributed by atoms with van der Waals surface area (Å²) in [6.45, 7) is 2.36. The molecule has 2 atom stereocenters. The molecule has 2 saturated heterocycles. The first-order chi connectivity index (χ1) is 7.09. The van der Waals surface area contributed by atoms with Crippen LogP contribution in [-0.2, 0) is 14.3 Å². The molecule has 0 radical (unpaired) electrons. The molecule has 2 rings (SSSR count). The molecule has 15 heavy (non-hydrogen) atoms. The van der Waals surface area contributed by atoms with Crippen molar-refractivity contribution in [3.63, 3.8) is 0 Å². The second kappa shape index (κ2) is 3.46. The first kappa shape index (κ1) is 10.4. The van der Waals surface area contributed by atoms with Gasteiger partial charge in [-0.1, -0.05) is 0 Å². The van der Waals surface area contributed by atoms with Crippen LogP contribution < -0.4 is 5.32 Å². The van der Waals surface area contributed by atoms with Crippen LogP contribution >= 0.6 is 0 Å². The number of rotatable bonds is 1. The second-order valence-electron chi connectivity index (χ2n) is 4.02. The van der Waals surface area contributed by atoms with Gasteiger partial charge in [0.1, 0.15) is 11.6 Å². The number of nitrogens with one attached hydrogen (secondary N) is 1. The molecule has 0 bridgehead atoms. The van der Waals surface area contributed by atoms with Crippen LogP contribution in [0, 0.1) is 0 Å². The molecule has 0 spiro atoms. The van der Waals surface area contributed by atoms with Crippen LogP contribution in [0.2, 0.25) is 0 Å². The zero-order valence-electron chi connectivity index (χ0n) is 8.52. The highest BCUT2D eigenvalue weighted by Gasteiger charge is 2.50. The number of amides is 2. The van der Waals surface area contributed by atoms with E-state index < -0.39 is 11.6 Å². The van der Waals surface area contributed by atoms with E-state index in [-0.39, 0.29) is 25.0 Å². The van der Waals surface area contributed by atoms with E-state index in [1.807, 2.05) is 0 Å². The van der Waals surface area contributed by atoms with Gasteiger partial charge in [0, 0.05) is 6.54 Å². The lowest BCUT2D eigenvalue weighted by Crippen LogP contribution is -2.73. The Morgan fingerprint density at radius 3 is 3.07 bits per heavy atom. The summed E-state index contributed by atoms with van der Waals surface area (Å²) in [6.07, 6.45) is 0. The minimum absolute atomic E-state index is 0.211. The average molecular weight is 214 g/mol. The standard InChI is InChI=1S/C9H14N2O4/c1-9-5-15-3-2-11(9)7(13)6(4-12)10-8(9)14/h6,12H,2-5H2,1H3,(H,10,14)/t6-,9?/m1/s1. The number of carbonyl (C=O) groups is 2. The van der Waals surface area contributed by atoms with Crippen molar-refractivity contribution in [3.8, 4) is 0 Å². The van der Waals surface area contributed by atoms with Crippen LogP contribution in [0.1, 0.15) is 6.92 Å². The van der Waals surface area contributed by atoms with Gasteiger partial charge in [0.25, 0.3) is 0 Å². The van der Waals surface area contributed by atoms with Gasteiger partial charge in [-0.3, -0.25) is 9.59 Å². The van der Waals surface area contributed by atoms with Crippen LogP contribution in [0.4, 0.5) is 0 Å². The fourth-order valence-corrected chi connectivity index (χ4v) is 1.98. The summed E-state index contributed by atoms with van der Waals surface area (Å²) in [5.41, 5.74) is -0.916. The van der Waals surface area contributed by atoms with E-state index >= 15 is 0 Å². The van der Waals surface area contributed by atoms with Crippen LogP contribution in [0.25, 0.3) is 0 Å². The Balaban J connectivity index is 2.29. The molecule has 2 amide bonds. The predicted molar refractivity (Wildman–Crippen MR) is 50.0 cm³/mol. The van der Waals surface area contributed by atoms with Crippen molar-refractivity contribution >= 4 is 11.8 Å². The topological polar surface area (TPSA) is 78.9 Å². The summed E-state index contributed by atoms with van der Waals surface area (Å²) in [6, 6.07) is -0.802. The predicted octanol–water partition coefficient (Wildman–Crippen LogP) is -1.91. The Hall–Kier alpha value is -1.14. The smallest absolute Gasteiger partial charge is 0.248 e. The maximum Gasteiger partial charge on any atom is 0.248 e. The van der Waals surface area contributed by atoms with Gasteiger partial charge in [-0.25, -0.2) is 0 Å². The summed E-state index contributed by atoms with van der Waals surface area (Å²) < 4.78 is 5.21. The molecule has 2 aliphatic rings. The first-order valence-corrected chi connectivity index (χ1v) is 4.90. The Morgan fingerprint density at radius 2 is 2.40 bits per heavy atom. The van der Waals surface area contributed by atoms with Gasteiger partial charge in [0.2, 0.25) is 11.8 Å². The average Bonchev–Trinajstić information content (AvgIpc) is 2.24. The van der Waals surface area contributed by atoms with Gasteiger partial charge in [0.05, 0.1) is 19.8 Å². The summed E-state index contributed by atoms with van der Waals surface area (Å²) >= 11 is 0. The zero-order chi connectivity index (χ0) is 11.1. The molecule has 0 saturated carbocycles. The summed E-state index contributed by atoms with van der Waals surface area (Å²) in [5.74, 6) is -0.497. The molecule has 6 heteroatoms. The Labute approximate surface area is 87.2 Å². The van der Waals surface area contributed by atoms with Crippen molar-refractivity contribution in [2.45, 2.75) is 18.5 Å². The molecule has 2 fully saturated rings. The maximum absolute atomic E-state index is 11.8. The van der Waals surface area contributed by atoms with Gasteiger partial charge in [-0.05, 0) is 6.92 Å². The van der Waals surface area contributed by atoms with Gasteiger partial charge in [-0.15, -0.1) is 0 Å². The fraction of sp³-hybridized carbons (Fsp3) is 0.778. The van der Waals surface area contributed by atoms with E-state index in [0.29, 0.717) is 13.2 Å². The monoisotopic (exact) mass is 214 g/mol.